The van der Waals surface area contributed by atoms with Gasteiger partial charge in [0.05, 0.1) is 20.8 Å². The Balaban J connectivity index is 1.69. The molecule has 2 aromatic carbocycles. The lowest BCUT2D eigenvalue weighted by Gasteiger charge is -2.23. The van der Waals surface area contributed by atoms with Crippen molar-refractivity contribution in [2.75, 3.05) is 20.8 Å². The molecular formula is C25H30N2O3. The van der Waals surface area contributed by atoms with E-state index in [2.05, 4.69) is 22.8 Å². The van der Waals surface area contributed by atoms with Gasteiger partial charge in [0.15, 0.2) is 11.5 Å². The molecule has 0 radical (unpaired) electrons. The molecule has 0 fully saturated rings. The van der Waals surface area contributed by atoms with E-state index in [1.54, 1.807) is 14.2 Å². The molecular weight excluding hydrogens is 376 g/mol. The number of hydrogen-bond acceptors (Lipinski definition) is 3. The van der Waals surface area contributed by atoms with Crippen LogP contribution in [0.2, 0.25) is 0 Å². The number of rotatable bonds is 10. The Kier molecular flexibility index (Phi) is 7.55. The first-order valence-corrected chi connectivity index (χ1v) is 10.2. The maximum Gasteiger partial charge on any atom is 0.223 e. The lowest BCUT2D eigenvalue weighted by atomic mass is 10.1. The van der Waals surface area contributed by atoms with E-state index in [-0.39, 0.29) is 5.91 Å². The molecule has 0 aliphatic rings. The van der Waals surface area contributed by atoms with Gasteiger partial charge in [-0.2, -0.15) is 0 Å². The molecule has 1 aromatic heterocycles. The van der Waals surface area contributed by atoms with Crippen molar-refractivity contribution in [1.82, 2.24) is 9.47 Å². The Morgan fingerprint density at radius 1 is 0.900 bits per heavy atom. The fourth-order valence-corrected chi connectivity index (χ4v) is 3.50. The molecule has 0 saturated heterocycles. The summed E-state index contributed by atoms with van der Waals surface area (Å²) in [5, 5.41) is 0. The molecule has 3 aromatic rings. The average Bonchev–Trinajstić information content (AvgIpc) is 3.19. The Hall–Kier alpha value is -3.21. The summed E-state index contributed by atoms with van der Waals surface area (Å²) in [7, 11) is 5.28. The molecule has 0 spiro atoms. The standard InChI is InChI=1S/C25H30N2O3/c1-26-16-7-10-22(26)19-27(25(28)14-12-20-8-5-4-6-9-20)17-15-21-11-13-23(29-2)24(18-21)30-3/h4-11,13,16,18H,12,14-15,17,19H2,1-3H3. The fraction of sp³-hybridized carbons (Fsp3) is 0.320. The highest BCUT2D eigenvalue weighted by molar-refractivity contribution is 5.76. The number of nitrogens with zero attached hydrogens (tertiary/aromatic N) is 2. The summed E-state index contributed by atoms with van der Waals surface area (Å²) in [5.74, 6) is 1.58. The maximum atomic E-state index is 13.1. The highest BCUT2D eigenvalue weighted by Crippen LogP contribution is 2.27. The summed E-state index contributed by atoms with van der Waals surface area (Å²) in [6.07, 6.45) is 4.01. The number of carbonyl (C=O) groups excluding carboxylic acids is 1. The van der Waals surface area contributed by atoms with Crippen molar-refractivity contribution >= 4 is 5.91 Å². The Morgan fingerprint density at radius 3 is 2.33 bits per heavy atom. The van der Waals surface area contributed by atoms with Crippen LogP contribution < -0.4 is 9.47 Å². The van der Waals surface area contributed by atoms with Crippen molar-refractivity contribution in [2.45, 2.75) is 25.8 Å². The Morgan fingerprint density at radius 2 is 1.67 bits per heavy atom. The number of hydrogen-bond donors (Lipinski definition) is 0. The quantitative estimate of drug-likeness (QED) is 0.506. The minimum atomic E-state index is 0.167. The molecule has 0 atom stereocenters. The largest absolute Gasteiger partial charge is 0.493 e. The first kappa shape index (κ1) is 21.5. The summed E-state index contributed by atoms with van der Waals surface area (Å²) < 4.78 is 12.8. The normalized spacial score (nSPS) is 10.6. The van der Waals surface area contributed by atoms with Crippen LogP contribution in [0.3, 0.4) is 0 Å². The molecule has 0 aliphatic carbocycles. The zero-order chi connectivity index (χ0) is 21.3. The van der Waals surface area contributed by atoms with Gasteiger partial charge in [0.25, 0.3) is 0 Å². The monoisotopic (exact) mass is 406 g/mol. The zero-order valence-corrected chi connectivity index (χ0v) is 18.0. The predicted octanol–water partition coefficient (Wildman–Crippen LogP) is 4.25. The Labute approximate surface area is 178 Å². The number of amides is 1. The fourth-order valence-electron chi connectivity index (χ4n) is 3.50. The van der Waals surface area contributed by atoms with Crippen LogP contribution in [0.5, 0.6) is 11.5 Å². The van der Waals surface area contributed by atoms with E-state index >= 15 is 0 Å². The van der Waals surface area contributed by atoms with Crippen LogP contribution in [0.4, 0.5) is 0 Å². The van der Waals surface area contributed by atoms with Gasteiger partial charge in [0.1, 0.15) is 0 Å². The average molecular weight is 407 g/mol. The van der Waals surface area contributed by atoms with Crippen LogP contribution >= 0.6 is 0 Å². The minimum Gasteiger partial charge on any atom is -0.493 e. The molecule has 0 unspecified atom stereocenters. The number of aromatic nitrogens is 1. The van der Waals surface area contributed by atoms with Gasteiger partial charge in [-0.25, -0.2) is 0 Å². The number of carbonyl (C=O) groups is 1. The third kappa shape index (κ3) is 5.66. The van der Waals surface area contributed by atoms with Crippen molar-refractivity contribution in [3.63, 3.8) is 0 Å². The summed E-state index contributed by atoms with van der Waals surface area (Å²) >= 11 is 0. The van der Waals surface area contributed by atoms with Gasteiger partial charge in [0, 0.05) is 31.9 Å². The second-order valence-corrected chi connectivity index (χ2v) is 7.35. The second kappa shape index (κ2) is 10.5. The molecule has 0 N–H and O–H groups in total. The van der Waals surface area contributed by atoms with Crippen LogP contribution in [0, 0.1) is 0 Å². The van der Waals surface area contributed by atoms with Crippen LogP contribution in [0.25, 0.3) is 0 Å². The van der Waals surface area contributed by atoms with E-state index in [1.165, 1.54) is 5.56 Å². The molecule has 158 valence electrons. The molecule has 0 saturated carbocycles. The van der Waals surface area contributed by atoms with Crippen molar-refractivity contribution < 1.29 is 14.3 Å². The van der Waals surface area contributed by atoms with Crippen molar-refractivity contribution in [2.24, 2.45) is 7.05 Å². The highest BCUT2D eigenvalue weighted by atomic mass is 16.5. The first-order chi connectivity index (χ1) is 14.6. The second-order valence-electron chi connectivity index (χ2n) is 7.35. The summed E-state index contributed by atoms with van der Waals surface area (Å²) in [4.78, 5) is 15.0. The number of aryl methyl sites for hydroxylation is 2. The smallest absolute Gasteiger partial charge is 0.223 e. The number of benzene rings is 2. The van der Waals surface area contributed by atoms with E-state index < -0.39 is 0 Å². The molecule has 1 heterocycles. The van der Waals surface area contributed by atoms with Crippen LogP contribution in [0.1, 0.15) is 23.2 Å². The molecule has 0 aliphatic heterocycles. The number of methoxy groups -OCH3 is 2. The van der Waals surface area contributed by atoms with Gasteiger partial charge in [-0.1, -0.05) is 36.4 Å². The Bertz CT molecular complexity index is 950. The molecule has 5 nitrogen and oxygen atoms in total. The lowest BCUT2D eigenvalue weighted by Crippen LogP contribution is -2.33. The van der Waals surface area contributed by atoms with Gasteiger partial charge in [0.2, 0.25) is 5.91 Å². The highest BCUT2D eigenvalue weighted by Gasteiger charge is 2.16. The molecule has 1 amide bonds. The summed E-state index contributed by atoms with van der Waals surface area (Å²) in [5.41, 5.74) is 3.42. The van der Waals surface area contributed by atoms with Gasteiger partial charge < -0.3 is 18.9 Å². The number of ether oxygens (including phenoxy) is 2. The van der Waals surface area contributed by atoms with Crippen molar-refractivity contribution in [3.8, 4) is 11.5 Å². The molecule has 3 rings (SSSR count). The minimum absolute atomic E-state index is 0.167. The van der Waals surface area contributed by atoms with E-state index in [4.69, 9.17) is 9.47 Å². The van der Waals surface area contributed by atoms with Crippen LogP contribution in [-0.4, -0.2) is 36.1 Å². The van der Waals surface area contributed by atoms with Crippen molar-refractivity contribution in [3.05, 3.63) is 83.7 Å². The van der Waals surface area contributed by atoms with Crippen LogP contribution in [0.15, 0.2) is 66.9 Å². The maximum absolute atomic E-state index is 13.1. The van der Waals surface area contributed by atoms with Gasteiger partial charge in [-0.3, -0.25) is 4.79 Å². The first-order valence-electron chi connectivity index (χ1n) is 10.2. The molecule has 30 heavy (non-hydrogen) atoms. The summed E-state index contributed by atoms with van der Waals surface area (Å²) in [6, 6.07) is 20.1. The van der Waals surface area contributed by atoms with Crippen LogP contribution in [-0.2, 0) is 31.2 Å². The summed E-state index contributed by atoms with van der Waals surface area (Å²) in [6.45, 7) is 1.25. The van der Waals surface area contributed by atoms with Gasteiger partial charge >= 0.3 is 0 Å². The van der Waals surface area contributed by atoms with Gasteiger partial charge in [-0.15, -0.1) is 0 Å². The molecule has 5 heteroatoms. The predicted molar refractivity (Wildman–Crippen MR) is 119 cm³/mol. The van der Waals surface area contributed by atoms with Gasteiger partial charge in [-0.05, 0) is 48.2 Å². The van der Waals surface area contributed by atoms with E-state index in [1.807, 2.05) is 60.6 Å². The third-order valence-electron chi connectivity index (χ3n) is 5.35. The lowest BCUT2D eigenvalue weighted by molar-refractivity contribution is -0.131. The van der Waals surface area contributed by atoms with E-state index in [9.17, 15) is 4.79 Å². The topological polar surface area (TPSA) is 43.7 Å². The van der Waals surface area contributed by atoms with Crippen molar-refractivity contribution in [1.29, 1.82) is 0 Å². The van der Waals surface area contributed by atoms with E-state index in [0.29, 0.717) is 31.0 Å². The third-order valence-corrected chi connectivity index (χ3v) is 5.35. The zero-order valence-electron chi connectivity index (χ0n) is 18.0. The van der Waals surface area contributed by atoms with E-state index in [0.717, 1.165) is 24.1 Å². The molecule has 0 bridgehead atoms. The SMILES string of the molecule is COc1ccc(CCN(Cc2cccn2C)C(=O)CCc2ccccc2)cc1OC.